The molecule has 0 aromatic carbocycles. The molecule has 0 rings (SSSR count). The lowest BCUT2D eigenvalue weighted by atomic mass is 10.0. The largest absolute Gasteiger partial charge is 0.462 e. The summed E-state index contributed by atoms with van der Waals surface area (Å²) >= 11 is 0. The van der Waals surface area contributed by atoms with E-state index in [0.717, 1.165) is 70.6 Å². The molecule has 0 aromatic heterocycles. The van der Waals surface area contributed by atoms with Crippen molar-refractivity contribution in [1.82, 2.24) is 0 Å². The lowest BCUT2D eigenvalue weighted by Crippen LogP contribution is -2.30. The third-order valence-electron chi connectivity index (χ3n) is 17.0. The summed E-state index contributed by atoms with van der Waals surface area (Å²) in [5.74, 6) is -0.838. The number of hydrogen-bond acceptors (Lipinski definition) is 6. The monoisotopic (exact) mass is 1140 g/mol. The van der Waals surface area contributed by atoms with Crippen molar-refractivity contribution >= 4 is 17.9 Å². The van der Waals surface area contributed by atoms with E-state index in [2.05, 4.69) is 45.1 Å². The summed E-state index contributed by atoms with van der Waals surface area (Å²) in [5, 5.41) is 0. The lowest BCUT2D eigenvalue weighted by Gasteiger charge is -2.18. The molecule has 1 atom stereocenters. The third kappa shape index (κ3) is 68.6. The van der Waals surface area contributed by atoms with E-state index in [1.165, 1.54) is 308 Å². The first-order valence-electron chi connectivity index (χ1n) is 36.8. The van der Waals surface area contributed by atoms with Crippen LogP contribution in [0.3, 0.4) is 0 Å². The fraction of sp³-hybridized carbons (Fsp3) is 0.907. The van der Waals surface area contributed by atoms with Crippen LogP contribution in [-0.2, 0) is 28.6 Å². The van der Waals surface area contributed by atoms with Crippen LogP contribution in [0.1, 0.15) is 419 Å². The fourth-order valence-corrected chi connectivity index (χ4v) is 11.4. The summed E-state index contributed by atoms with van der Waals surface area (Å²) in [4.78, 5) is 38.5. The second kappa shape index (κ2) is 70.4. The minimum absolute atomic E-state index is 0.0669. The van der Waals surface area contributed by atoms with Crippen LogP contribution in [0.25, 0.3) is 0 Å². The quantitative estimate of drug-likeness (QED) is 0.0261. The molecule has 478 valence electrons. The molecule has 6 nitrogen and oxygen atoms in total. The summed E-state index contributed by atoms with van der Waals surface area (Å²) in [7, 11) is 0. The van der Waals surface area contributed by atoms with Gasteiger partial charge in [-0.3, -0.25) is 14.4 Å². The Balaban J connectivity index is 4.27. The molecular weight excluding hydrogens is 997 g/mol. The molecule has 6 heteroatoms. The summed E-state index contributed by atoms with van der Waals surface area (Å²) in [5.41, 5.74) is 0. The molecule has 0 amide bonds. The van der Waals surface area contributed by atoms with Crippen molar-refractivity contribution in [2.24, 2.45) is 0 Å². The highest BCUT2D eigenvalue weighted by molar-refractivity contribution is 5.71. The molecule has 0 spiro atoms. The molecule has 0 aromatic rings. The molecule has 0 aliphatic heterocycles. The van der Waals surface area contributed by atoms with E-state index in [-0.39, 0.29) is 31.1 Å². The zero-order valence-electron chi connectivity index (χ0n) is 55.1. The van der Waals surface area contributed by atoms with Gasteiger partial charge < -0.3 is 14.2 Å². The van der Waals surface area contributed by atoms with Crippen LogP contribution in [-0.4, -0.2) is 37.2 Å². The average Bonchev–Trinajstić information content (AvgIpc) is 3.47. The number of allylic oxidation sites excluding steroid dienone is 4. The summed E-state index contributed by atoms with van der Waals surface area (Å²) in [6, 6.07) is 0. The Kier molecular flexibility index (Phi) is 68.5. The third-order valence-corrected chi connectivity index (χ3v) is 17.0. The first-order chi connectivity index (χ1) is 40.0. The molecule has 0 saturated heterocycles. The van der Waals surface area contributed by atoms with E-state index in [9.17, 15) is 14.4 Å². The van der Waals surface area contributed by atoms with Crippen LogP contribution in [0.4, 0.5) is 0 Å². The molecule has 0 aliphatic carbocycles. The number of rotatable bonds is 69. The molecule has 0 bridgehead atoms. The maximum Gasteiger partial charge on any atom is 0.306 e. The van der Waals surface area contributed by atoms with Gasteiger partial charge in [0.05, 0.1) is 0 Å². The van der Waals surface area contributed by atoms with E-state index < -0.39 is 6.10 Å². The molecule has 0 saturated carbocycles. The van der Waals surface area contributed by atoms with Gasteiger partial charge in [-0.05, 0) is 51.4 Å². The van der Waals surface area contributed by atoms with Crippen molar-refractivity contribution < 1.29 is 28.6 Å². The highest BCUT2D eigenvalue weighted by atomic mass is 16.6. The van der Waals surface area contributed by atoms with Gasteiger partial charge in [-0.25, -0.2) is 0 Å². The van der Waals surface area contributed by atoms with E-state index in [1.807, 2.05) is 0 Å². The van der Waals surface area contributed by atoms with Crippen LogP contribution in [0.5, 0.6) is 0 Å². The Hall–Kier alpha value is -2.11. The van der Waals surface area contributed by atoms with Gasteiger partial charge in [0.2, 0.25) is 0 Å². The lowest BCUT2D eigenvalue weighted by molar-refractivity contribution is -0.167. The Labute approximate surface area is 506 Å². The van der Waals surface area contributed by atoms with Crippen LogP contribution in [0.2, 0.25) is 0 Å². The van der Waals surface area contributed by atoms with Crippen LogP contribution in [0.15, 0.2) is 24.3 Å². The molecule has 0 fully saturated rings. The first-order valence-corrected chi connectivity index (χ1v) is 36.8. The van der Waals surface area contributed by atoms with Crippen LogP contribution < -0.4 is 0 Å². The van der Waals surface area contributed by atoms with Gasteiger partial charge in [-0.2, -0.15) is 0 Å². The highest BCUT2D eigenvalue weighted by Crippen LogP contribution is 2.19. The second-order valence-corrected chi connectivity index (χ2v) is 25.2. The number of carbonyl (C=O) groups is 3. The van der Waals surface area contributed by atoms with Crippen molar-refractivity contribution in [2.45, 2.75) is 425 Å². The topological polar surface area (TPSA) is 78.9 Å². The molecular formula is C75H142O6. The Morgan fingerprint density at radius 3 is 0.704 bits per heavy atom. The first kappa shape index (κ1) is 78.9. The zero-order valence-corrected chi connectivity index (χ0v) is 55.1. The molecule has 0 aliphatic rings. The van der Waals surface area contributed by atoms with E-state index in [1.54, 1.807) is 0 Å². The average molecular weight is 1140 g/mol. The SMILES string of the molecule is CCCCC/C=C\C/C=C\CCCCCCCCCC(=O)OCC(COC(=O)CCCCCCCCCCCCCCCCCCCCCCCCC)OC(=O)CCCCCCCCCCCCCCCCCCCCCCCCC. The van der Waals surface area contributed by atoms with Gasteiger partial charge in [0.1, 0.15) is 13.2 Å². The van der Waals surface area contributed by atoms with E-state index in [0.29, 0.717) is 19.3 Å². The second-order valence-electron chi connectivity index (χ2n) is 25.2. The summed E-state index contributed by atoms with van der Waals surface area (Å²) < 4.78 is 17.0. The highest BCUT2D eigenvalue weighted by Gasteiger charge is 2.20. The van der Waals surface area contributed by atoms with Gasteiger partial charge in [-0.1, -0.05) is 373 Å². The molecule has 0 heterocycles. The number of carbonyl (C=O) groups excluding carboxylic acids is 3. The minimum Gasteiger partial charge on any atom is -0.462 e. The molecule has 0 radical (unpaired) electrons. The summed E-state index contributed by atoms with van der Waals surface area (Å²) in [6.45, 7) is 6.71. The van der Waals surface area contributed by atoms with Crippen LogP contribution in [0, 0.1) is 0 Å². The normalized spacial score (nSPS) is 12.1. The standard InChI is InChI=1S/C75H142O6/c1-4-7-10-13-16-19-22-25-28-31-33-35-37-39-41-44-47-50-53-56-59-62-65-68-74(77)80-71-72(70-79-73(76)67-64-61-58-55-52-49-46-43-30-27-24-21-18-15-12-9-6-3)81-75(78)69-66-63-60-57-54-51-48-45-42-40-38-36-34-32-29-26-23-20-17-14-11-8-5-2/h18,21,27,30,72H,4-17,19-20,22-26,28-29,31-71H2,1-3H3/b21-18-,30-27-. The van der Waals surface area contributed by atoms with Gasteiger partial charge in [0, 0.05) is 19.3 Å². The predicted molar refractivity (Wildman–Crippen MR) is 353 cm³/mol. The van der Waals surface area contributed by atoms with Crippen molar-refractivity contribution in [1.29, 1.82) is 0 Å². The van der Waals surface area contributed by atoms with Crippen LogP contribution >= 0.6 is 0 Å². The van der Waals surface area contributed by atoms with E-state index in [4.69, 9.17) is 14.2 Å². The van der Waals surface area contributed by atoms with Crippen molar-refractivity contribution in [3.8, 4) is 0 Å². The van der Waals surface area contributed by atoms with Crippen molar-refractivity contribution in [3.63, 3.8) is 0 Å². The molecule has 1 unspecified atom stereocenters. The van der Waals surface area contributed by atoms with Gasteiger partial charge in [-0.15, -0.1) is 0 Å². The van der Waals surface area contributed by atoms with E-state index >= 15 is 0 Å². The number of unbranched alkanes of at least 4 members (excludes halogenated alkanes) is 54. The fourth-order valence-electron chi connectivity index (χ4n) is 11.4. The number of ether oxygens (including phenoxy) is 3. The number of hydrogen-bond donors (Lipinski definition) is 0. The predicted octanol–water partition coefficient (Wildman–Crippen LogP) is 25.3. The Morgan fingerprint density at radius 1 is 0.247 bits per heavy atom. The van der Waals surface area contributed by atoms with Gasteiger partial charge in [0.25, 0.3) is 0 Å². The molecule has 0 N–H and O–H groups in total. The van der Waals surface area contributed by atoms with Crippen molar-refractivity contribution in [2.75, 3.05) is 13.2 Å². The Bertz CT molecular complexity index is 1310. The van der Waals surface area contributed by atoms with Gasteiger partial charge in [0.15, 0.2) is 6.10 Å². The summed E-state index contributed by atoms with van der Waals surface area (Å²) in [6.07, 6.45) is 86.4. The van der Waals surface area contributed by atoms with Gasteiger partial charge >= 0.3 is 17.9 Å². The Morgan fingerprint density at radius 2 is 0.444 bits per heavy atom. The number of esters is 3. The smallest absolute Gasteiger partial charge is 0.306 e. The zero-order chi connectivity index (χ0) is 58.5. The minimum atomic E-state index is -0.772. The maximum absolute atomic E-state index is 13.0. The van der Waals surface area contributed by atoms with Crippen molar-refractivity contribution in [3.05, 3.63) is 24.3 Å². The molecule has 81 heavy (non-hydrogen) atoms. The maximum atomic E-state index is 13.0.